The molecule has 4 rings (SSSR count). The lowest BCUT2D eigenvalue weighted by Crippen LogP contribution is -2.29. The van der Waals surface area contributed by atoms with Gasteiger partial charge in [-0.15, -0.1) is 11.3 Å². The Balaban J connectivity index is 1.35. The molecule has 2 aromatic heterocycles. The SMILES string of the molecule is Cc1ccc(-c2csc3ncn(CCC(=O)NCCCS(=O)(=O)c4ccccc4)c(=O)c23)cc1. The third-order valence-corrected chi connectivity index (χ3v) is 8.22. The van der Waals surface area contributed by atoms with Crippen molar-refractivity contribution in [3.05, 3.63) is 82.2 Å². The molecule has 1 amide bonds. The van der Waals surface area contributed by atoms with Crippen LogP contribution >= 0.6 is 11.3 Å². The van der Waals surface area contributed by atoms with Crippen LogP contribution in [0.4, 0.5) is 0 Å². The second-order valence-corrected chi connectivity index (χ2v) is 11.0. The lowest BCUT2D eigenvalue weighted by molar-refractivity contribution is -0.121. The van der Waals surface area contributed by atoms with Crippen LogP contribution < -0.4 is 10.9 Å². The number of benzene rings is 2. The Labute approximate surface area is 202 Å². The fraction of sp³-hybridized carbons (Fsp3) is 0.240. The van der Waals surface area contributed by atoms with Crippen molar-refractivity contribution < 1.29 is 13.2 Å². The van der Waals surface area contributed by atoms with Crippen LogP contribution in [0.15, 0.2) is 76.0 Å². The maximum Gasteiger partial charge on any atom is 0.262 e. The first-order valence-electron chi connectivity index (χ1n) is 10.9. The second-order valence-electron chi connectivity index (χ2n) is 8.02. The summed E-state index contributed by atoms with van der Waals surface area (Å²) in [5.41, 5.74) is 2.76. The van der Waals surface area contributed by atoms with Gasteiger partial charge in [-0.2, -0.15) is 0 Å². The number of nitrogens with zero attached hydrogens (tertiary/aromatic N) is 2. The van der Waals surface area contributed by atoms with Gasteiger partial charge in [-0.25, -0.2) is 13.4 Å². The van der Waals surface area contributed by atoms with Crippen molar-refractivity contribution in [2.45, 2.75) is 31.2 Å². The summed E-state index contributed by atoms with van der Waals surface area (Å²) in [6.07, 6.45) is 1.88. The Morgan fingerprint density at radius 2 is 1.82 bits per heavy atom. The highest BCUT2D eigenvalue weighted by Crippen LogP contribution is 2.30. The monoisotopic (exact) mass is 495 g/mol. The molecule has 0 unspecified atom stereocenters. The molecule has 0 aliphatic rings. The fourth-order valence-electron chi connectivity index (χ4n) is 3.62. The van der Waals surface area contributed by atoms with Crippen molar-refractivity contribution in [1.82, 2.24) is 14.9 Å². The van der Waals surface area contributed by atoms with Crippen molar-refractivity contribution in [2.75, 3.05) is 12.3 Å². The van der Waals surface area contributed by atoms with Gasteiger partial charge in [0.15, 0.2) is 9.84 Å². The lowest BCUT2D eigenvalue weighted by Gasteiger charge is -2.08. The Hall–Kier alpha value is -3.30. The van der Waals surface area contributed by atoms with Crippen LogP contribution in [0.25, 0.3) is 21.3 Å². The zero-order chi connectivity index (χ0) is 24.1. The summed E-state index contributed by atoms with van der Waals surface area (Å²) in [6.45, 7) is 2.45. The number of carbonyl (C=O) groups is 1. The average molecular weight is 496 g/mol. The molecule has 9 heteroatoms. The third-order valence-electron chi connectivity index (χ3n) is 5.52. The van der Waals surface area contributed by atoms with E-state index in [1.807, 2.05) is 36.6 Å². The van der Waals surface area contributed by atoms with Gasteiger partial charge in [0.1, 0.15) is 4.83 Å². The summed E-state index contributed by atoms with van der Waals surface area (Å²) in [4.78, 5) is 30.7. The molecule has 0 fully saturated rings. The molecular weight excluding hydrogens is 470 g/mol. The van der Waals surface area contributed by atoms with Crippen LogP contribution in [0.1, 0.15) is 18.4 Å². The molecule has 0 radical (unpaired) electrons. The summed E-state index contributed by atoms with van der Waals surface area (Å²) in [6, 6.07) is 16.2. The highest BCUT2D eigenvalue weighted by atomic mass is 32.2. The zero-order valence-corrected chi connectivity index (χ0v) is 20.4. The number of amides is 1. The molecule has 0 spiro atoms. The van der Waals surface area contributed by atoms with Crippen LogP contribution in [0.3, 0.4) is 0 Å². The molecule has 0 saturated carbocycles. The van der Waals surface area contributed by atoms with Crippen molar-refractivity contribution >= 4 is 37.3 Å². The van der Waals surface area contributed by atoms with E-state index in [1.54, 1.807) is 30.3 Å². The van der Waals surface area contributed by atoms with Gasteiger partial charge in [-0.1, -0.05) is 48.0 Å². The summed E-state index contributed by atoms with van der Waals surface area (Å²) in [5.74, 6) is -0.287. The Kier molecular flexibility index (Phi) is 7.23. The van der Waals surface area contributed by atoms with E-state index in [-0.39, 0.29) is 41.6 Å². The predicted octanol–water partition coefficient (Wildman–Crippen LogP) is 3.80. The van der Waals surface area contributed by atoms with Gasteiger partial charge in [0.25, 0.3) is 5.56 Å². The first kappa shape index (κ1) is 23.8. The average Bonchev–Trinajstić information content (AvgIpc) is 3.27. The quantitative estimate of drug-likeness (QED) is 0.356. The molecule has 0 saturated heterocycles. The minimum atomic E-state index is -3.37. The molecule has 0 aliphatic heterocycles. The number of fused-ring (bicyclic) bond motifs is 1. The smallest absolute Gasteiger partial charge is 0.262 e. The molecule has 1 N–H and O–H groups in total. The number of sulfone groups is 1. The number of rotatable bonds is 9. The van der Waals surface area contributed by atoms with Gasteiger partial charge >= 0.3 is 0 Å². The number of hydrogen-bond donors (Lipinski definition) is 1. The van der Waals surface area contributed by atoms with Gasteiger partial charge in [0.2, 0.25) is 5.91 Å². The van der Waals surface area contributed by atoms with Crippen LogP contribution in [0, 0.1) is 6.92 Å². The molecule has 4 aromatic rings. The van der Waals surface area contributed by atoms with Gasteiger partial charge in [0, 0.05) is 30.5 Å². The second kappa shape index (κ2) is 10.3. The Morgan fingerprint density at radius 1 is 1.09 bits per heavy atom. The standard InChI is InChI=1S/C25H25N3O4S2/c1-18-8-10-19(11-9-18)21-16-33-24-23(21)25(30)28(17-27-24)14-12-22(29)26-13-5-15-34(31,32)20-6-3-2-4-7-20/h2-4,6-11,16-17H,5,12-15H2,1H3,(H,26,29). The summed E-state index contributed by atoms with van der Waals surface area (Å²) in [7, 11) is -3.37. The minimum Gasteiger partial charge on any atom is -0.356 e. The maximum absolute atomic E-state index is 13.1. The molecule has 0 bridgehead atoms. The van der Waals surface area contributed by atoms with Gasteiger partial charge in [0.05, 0.1) is 22.4 Å². The molecule has 2 heterocycles. The third kappa shape index (κ3) is 5.43. The van der Waals surface area contributed by atoms with Crippen LogP contribution in [-0.2, 0) is 21.2 Å². The number of hydrogen-bond acceptors (Lipinski definition) is 6. The number of thiophene rings is 1. The van der Waals surface area contributed by atoms with Crippen molar-refractivity contribution in [3.8, 4) is 11.1 Å². The number of aromatic nitrogens is 2. The lowest BCUT2D eigenvalue weighted by atomic mass is 10.1. The first-order chi connectivity index (χ1) is 16.3. The van der Waals surface area contributed by atoms with E-state index in [2.05, 4.69) is 10.3 Å². The van der Waals surface area contributed by atoms with E-state index in [0.29, 0.717) is 16.6 Å². The predicted molar refractivity (Wildman–Crippen MR) is 135 cm³/mol. The largest absolute Gasteiger partial charge is 0.356 e. The minimum absolute atomic E-state index is 0.0444. The number of aryl methyl sites for hydroxylation is 2. The Bertz CT molecular complexity index is 1460. The summed E-state index contributed by atoms with van der Waals surface area (Å²) < 4.78 is 26.0. The van der Waals surface area contributed by atoms with Crippen LogP contribution in [-0.4, -0.2) is 36.2 Å². The van der Waals surface area contributed by atoms with E-state index in [0.717, 1.165) is 16.7 Å². The number of nitrogens with one attached hydrogen (secondary N) is 1. The fourth-order valence-corrected chi connectivity index (χ4v) is 5.86. The highest BCUT2D eigenvalue weighted by molar-refractivity contribution is 7.91. The molecular formula is C25H25N3O4S2. The maximum atomic E-state index is 13.1. The number of carbonyl (C=O) groups excluding carboxylic acids is 1. The topological polar surface area (TPSA) is 98.1 Å². The molecule has 0 aliphatic carbocycles. The van der Waals surface area contributed by atoms with Crippen molar-refractivity contribution in [2.24, 2.45) is 0 Å². The zero-order valence-electron chi connectivity index (χ0n) is 18.7. The van der Waals surface area contributed by atoms with Crippen LogP contribution in [0.5, 0.6) is 0 Å². The van der Waals surface area contributed by atoms with E-state index in [4.69, 9.17) is 0 Å². The molecule has 176 valence electrons. The summed E-state index contributed by atoms with van der Waals surface area (Å²) in [5, 5.41) is 5.23. The van der Waals surface area contributed by atoms with Crippen molar-refractivity contribution in [1.29, 1.82) is 0 Å². The molecule has 2 aromatic carbocycles. The normalized spacial score (nSPS) is 11.6. The Morgan fingerprint density at radius 3 is 2.56 bits per heavy atom. The summed E-state index contributed by atoms with van der Waals surface area (Å²) >= 11 is 1.42. The van der Waals surface area contributed by atoms with E-state index >= 15 is 0 Å². The van der Waals surface area contributed by atoms with Gasteiger partial charge in [-0.05, 0) is 31.0 Å². The van der Waals surface area contributed by atoms with Gasteiger partial charge in [-0.3, -0.25) is 14.2 Å². The van der Waals surface area contributed by atoms with Crippen LogP contribution in [0.2, 0.25) is 0 Å². The molecule has 7 nitrogen and oxygen atoms in total. The molecule has 0 atom stereocenters. The van der Waals surface area contributed by atoms with Crippen molar-refractivity contribution in [3.63, 3.8) is 0 Å². The molecule has 34 heavy (non-hydrogen) atoms. The van der Waals surface area contributed by atoms with Gasteiger partial charge < -0.3 is 5.32 Å². The first-order valence-corrected chi connectivity index (χ1v) is 13.5. The van der Waals surface area contributed by atoms with E-state index in [1.165, 1.54) is 22.2 Å². The van der Waals surface area contributed by atoms with E-state index in [9.17, 15) is 18.0 Å². The highest BCUT2D eigenvalue weighted by Gasteiger charge is 2.15. The van der Waals surface area contributed by atoms with E-state index < -0.39 is 9.84 Å².